The van der Waals surface area contributed by atoms with Crippen molar-refractivity contribution >= 4 is 0 Å². The van der Waals surface area contributed by atoms with Gasteiger partial charge in [-0.3, -0.25) is 0 Å². The summed E-state index contributed by atoms with van der Waals surface area (Å²) >= 11 is 0. The van der Waals surface area contributed by atoms with E-state index in [0.29, 0.717) is 0 Å². The Hall–Kier alpha value is -1.64. The molecule has 0 amide bonds. The lowest BCUT2D eigenvalue weighted by molar-refractivity contribution is -0.0690. The molecular weight excluding hydrogens is 236 g/mol. The maximum absolute atomic E-state index is 10.6. The quantitative estimate of drug-likeness (QED) is 0.879. The summed E-state index contributed by atoms with van der Waals surface area (Å²) in [7, 11) is 0. The lowest BCUT2D eigenvalue weighted by Crippen LogP contribution is -2.18. The number of ether oxygens (including phenoxy) is 1. The summed E-state index contributed by atoms with van der Waals surface area (Å²) in [6.07, 6.45) is -0.946. The standard InChI is InChI=1S/C17H20O2/c1-13(2)19-17(15-11-7-4-8-12-15)16(18)14-9-5-3-6-10-14/h3-13,16-18H,1-2H3/t16-,17+/m0/s1. The molecule has 0 unspecified atom stereocenters. The van der Waals surface area contributed by atoms with Crippen molar-refractivity contribution in [1.29, 1.82) is 0 Å². The van der Waals surface area contributed by atoms with Crippen LogP contribution in [0.2, 0.25) is 0 Å². The second kappa shape index (κ2) is 6.50. The molecule has 0 aliphatic heterocycles. The Kier molecular flexibility index (Phi) is 4.72. The lowest BCUT2D eigenvalue weighted by atomic mass is 9.98. The topological polar surface area (TPSA) is 29.5 Å². The van der Waals surface area contributed by atoms with Crippen molar-refractivity contribution in [3.63, 3.8) is 0 Å². The highest BCUT2D eigenvalue weighted by Gasteiger charge is 2.24. The van der Waals surface area contributed by atoms with Gasteiger partial charge in [0.25, 0.3) is 0 Å². The van der Waals surface area contributed by atoms with Crippen molar-refractivity contribution in [1.82, 2.24) is 0 Å². The maximum Gasteiger partial charge on any atom is 0.113 e. The number of rotatable bonds is 5. The average Bonchev–Trinajstić information content (AvgIpc) is 2.46. The van der Waals surface area contributed by atoms with E-state index in [9.17, 15) is 5.11 Å². The van der Waals surface area contributed by atoms with E-state index >= 15 is 0 Å². The van der Waals surface area contributed by atoms with Crippen LogP contribution in [0.5, 0.6) is 0 Å². The highest BCUT2D eigenvalue weighted by Crippen LogP contribution is 2.32. The fourth-order valence-electron chi connectivity index (χ4n) is 2.10. The Balaban J connectivity index is 2.28. The third kappa shape index (κ3) is 3.66. The van der Waals surface area contributed by atoms with Gasteiger partial charge >= 0.3 is 0 Å². The summed E-state index contributed by atoms with van der Waals surface area (Å²) in [6, 6.07) is 19.5. The molecule has 2 rings (SSSR count). The molecule has 100 valence electrons. The number of aliphatic hydroxyl groups excluding tert-OH is 1. The van der Waals surface area contributed by atoms with Crippen molar-refractivity contribution in [3.8, 4) is 0 Å². The van der Waals surface area contributed by atoms with Crippen LogP contribution in [0.3, 0.4) is 0 Å². The Morgan fingerprint density at radius 1 is 0.789 bits per heavy atom. The molecule has 2 aromatic rings. The Morgan fingerprint density at radius 2 is 1.26 bits per heavy atom. The zero-order valence-corrected chi connectivity index (χ0v) is 11.4. The van der Waals surface area contributed by atoms with E-state index in [1.165, 1.54) is 0 Å². The number of aliphatic hydroxyl groups is 1. The maximum atomic E-state index is 10.6. The summed E-state index contributed by atoms with van der Waals surface area (Å²) in [5.74, 6) is 0. The first kappa shape index (κ1) is 13.8. The van der Waals surface area contributed by atoms with Crippen LogP contribution < -0.4 is 0 Å². The molecular formula is C17H20O2. The second-order valence-electron chi connectivity index (χ2n) is 4.87. The summed E-state index contributed by atoms with van der Waals surface area (Å²) in [5.41, 5.74) is 1.87. The van der Waals surface area contributed by atoms with E-state index < -0.39 is 6.10 Å². The minimum Gasteiger partial charge on any atom is -0.385 e. The summed E-state index contributed by atoms with van der Waals surface area (Å²) in [4.78, 5) is 0. The zero-order chi connectivity index (χ0) is 13.7. The predicted molar refractivity (Wildman–Crippen MR) is 76.8 cm³/mol. The molecule has 0 aliphatic rings. The van der Waals surface area contributed by atoms with E-state index in [4.69, 9.17) is 4.74 Å². The third-order valence-electron chi connectivity index (χ3n) is 2.97. The fourth-order valence-corrected chi connectivity index (χ4v) is 2.10. The van der Waals surface area contributed by atoms with Gasteiger partial charge < -0.3 is 9.84 Å². The molecule has 0 radical (unpaired) electrons. The van der Waals surface area contributed by atoms with Gasteiger partial charge in [-0.15, -0.1) is 0 Å². The van der Waals surface area contributed by atoms with Crippen LogP contribution in [-0.2, 0) is 4.74 Å². The van der Waals surface area contributed by atoms with Crippen LogP contribution in [0.15, 0.2) is 60.7 Å². The smallest absolute Gasteiger partial charge is 0.113 e. The van der Waals surface area contributed by atoms with Gasteiger partial charge in [-0.2, -0.15) is 0 Å². The van der Waals surface area contributed by atoms with Gasteiger partial charge in [-0.05, 0) is 25.0 Å². The van der Waals surface area contributed by atoms with Crippen LogP contribution in [0.1, 0.15) is 37.2 Å². The molecule has 0 heterocycles. The van der Waals surface area contributed by atoms with Crippen molar-refractivity contribution in [3.05, 3.63) is 71.8 Å². The van der Waals surface area contributed by atoms with Gasteiger partial charge in [0, 0.05) is 0 Å². The van der Waals surface area contributed by atoms with E-state index in [1.807, 2.05) is 74.5 Å². The molecule has 1 N–H and O–H groups in total. The van der Waals surface area contributed by atoms with E-state index in [1.54, 1.807) is 0 Å². The van der Waals surface area contributed by atoms with Crippen LogP contribution in [0, 0.1) is 0 Å². The van der Waals surface area contributed by atoms with Crippen molar-refractivity contribution in [2.75, 3.05) is 0 Å². The highest BCUT2D eigenvalue weighted by molar-refractivity contribution is 5.25. The molecule has 2 atom stereocenters. The van der Waals surface area contributed by atoms with E-state index in [-0.39, 0.29) is 12.2 Å². The Labute approximate surface area is 114 Å². The molecule has 2 nitrogen and oxygen atoms in total. The summed E-state index contributed by atoms with van der Waals surface area (Å²) in [5, 5.41) is 10.6. The molecule has 0 spiro atoms. The number of benzene rings is 2. The normalized spacial score (nSPS) is 14.3. The monoisotopic (exact) mass is 256 g/mol. The van der Waals surface area contributed by atoms with Gasteiger partial charge in [-0.1, -0.05) is 60.7 Å². The van der Waals surface area contributed by atoms with Gasteiger partial charge in [0.1, 0.15) is 12.2 Å². The van der Waals surface area contributed by atoms with Gasteiger partial charge in [-0.25, -0.2) is 0 Å². The number of hydrogen-bond acceptors (Lipinski definition) is 2. The van der Waals surface area contributed by atoms with Gasteiger partial charge in [0.2, 0.25) is 0 Å². The van der Waals surface area contributed by atoms with Gasteiger partial charge in [0.05, 0.1) is 6.10 Å². The predicted octanol–water partition coefficient (Wildman–Crippen LogP) is 3.89. The molecule has 0 aromatic heterocycles. The summed E-state index contributed by atoms with van der Waals surface area (Å²) in [6.45, 7) is 3.96. The molecule has 0 saturated heterocycles. The zero-order valence-electron chi connectivity index (χ0n) is 11.4. The molecule has 0 bridgehead atoms. The van der Waals surface area contributed by atoms with Crippen LogP contribution in [0.4, 0.5) is 0 Å². The molecule has 2 aromatic carbocycles. The molecule has 0 fully saturated rings. The largest absolute Gasteiger partial charge is 0.385 e. The molecule has 2 heteroatoms. The molecule has 19 heavy (non-hydrogen) atoms. The number of hydrogen-bond donors (Lipinski definition) is 1. The Bertz CT molecular complexity index is 479. The molecule has 0 saturated carbocycles. The fraction of sp³-hybridized carbons (Fsp3) is 0.294. The first-order chi connectivity index (χ1) is 9.18. The Morgan fingerprint density at radius 3 is 1.74 bits per heavy atom. The van der Waals surface area contributed by atoms with Crippen molar-refractivity contribution < 1.29 is 9.84 Å². The molecule has 0 aliphatic carbocycles. The SMILES string of the molecule is CC(C)O[C@H](c1ccccc1)[C@@H](O)c1ccccc1. The lowest BCUT2D eigenvalue weighted by Gasteiger charge is -2.26. The minimum atomic E-state index is -0.661. The minimum absolute atomic E-state index is 0.0589. The third-order valence-corrected chi connectivity index (χ3v) is 2.97. The summed E-state index contributed by atoms with van der Waals surface area (Å²) < 4.78 is 5.90. The highest BCUT2D eigenvalue weighted by atomic mass is 16.5. The first-order valence-corrected chi connectivity index (χ1v) is 6.62. The van der Waals surface area contributed by atoms with Crippen LogP contribution in [0.25, 0.3) is 0 Å². The van der Waals surface area contributed by atoms with Crippen LogP contribution >= 0.6 is 0 Å². The van der Waals surface area contributed by atoms with Crippen molar-refractivity contribution in [2.45, 2.75) is 32.2 Å². The van der Waals surface area contributed by atoms with Gasteiger partial charge in [0.15, 0.2) is 0 Å². The first-order valence-electron chi connectivity index (χ1n) is 6.62. The van der Waals surface area contributed by atoms with E-state index in [0.717, 1.165) is 11.1 Å². The average molecular weight is 256 g/mol. The van der Waals surface area contributed by atoms with Crippen molar-refractivity contribution in [2.24, 2.45) is 0 Å². The second-order valence-corrected chi connectivity index (χ2v) is 4.87. The van der Waals surface area contributed by atoms with E-state index in [2.05, 4.69) is 0 Å². The van der Waals surface area contributed by atoms with Crippen LogP contribution in [-0.4, -0.2) is 11.2 Å².